The van der Waals surface area contributed by atoms with Crippen molar-refractivity contribution in [3.8, 4) is 11.5 Å². The molecule has 0 aliphatic heterocycles. The lowest BCUT2D eigenvalue weighted by atomic mass is 9.87. The van der Waals surface area contributed by atoms with E-state index in [1.54, 1.807) is 18.2 Å². The average Bonchev–Trinajstić information content (AvgIpc) is 2.60. The molecule has 0 heterocycles. The largest absolute Gasteiger partial charge is 0.495 e. The summed E-state index contributed by atoms with van der Waals surface area (Å²) < 4.78 is 10.4. The summed E-state index contributed by atoms with van der Waals surface area (Å²) in [5, 5.41) is 3.19. The van der Waals surface area contributed by atoms with Gasteiger partial charge in [-0.15, -0.1) is 0 Å². The molecule has 0 aliphatic rings. The molecule has 2 aromatic carbocycles. The third-order valence-corrected chi connectivity index (χ3v) is 4.23. The van der Waals surface area contributed by atoms with Gasteiger partial charge in [0.15, 0.2) is 0 Å². The molecule has 1 N–H and O–H groups in total. The van der Waals surface area contributed by atoms with Crippen molar-refractivity contribution in [1.82, 2.24) is 0 Å². The molecule has 0 bridgehead atoms. The molecule has 2 rings (SSSR count). The van der Waals surface area contributed by atoms with E-state index in [1.807, 2.05) is 12.1 Å². The zero-order valence-electron chi connectivity index (χ0n) is 15.7. The number of hydrogen-bond acceptors (Lipinski definition) is 3. The maximum atomic E-state index is 12.2. The van der Waals surface area contributed by atoms with Crippen LogP contribution in [0, 0.1) is 0 Å². The van der Waals surface area contributed by atoms with Gasteiger partial charge in [0.1, 0.15) is 11.5 Å². The zero-order chi connectivity index (χ0) is 19.3. The third kappa shape index (κ3) is 5.02. The van der Waals surface area contributed by atoms with E-state index >= 15 is 0 Å². The number of amides is 1. The molecule has 0 fully saturated rings. The lowest BCUT2D eigenvalue weighted by Gasteiger charge is -2.18. The predicted octanol–water partition coefficient (Wildman–Crippen LogP) is 5.31. The molecule has 0 radical (unpaired) electrons. The van der Waals surface area contributed by atoms with Gasteiger partial charge in [-0.2, -0.15) is 0 Å². The lowest BCUT2D eigenvalue weighted by molar-refractivity contribution is -0.111. The minimum atomic E-state index is -0.271. The van der Waals surface area contributed by atoms with Crippen LogP contribution in [0.15, 0.2) is 42.5 Å². The Hall–Kier alpha value is -2.46. The van der Waals surface area contributed by atoms with Crippen molar-refractivity contribution in [2.24, 2.45) is 0 Å². The van der Waals surface area contributed by atoms with Gasteiger partial charge in [-0.25, -0.2) is 0 Å². The van der Waals surface area contributed by atoms with Crippen LogP contribution in [0.5, 0.6) is 11.5 Å². The summed E-state index contributed by atoms with van der Waals surface area (Å²) >= 11 is 6.07. The highest BCUT2D eigenvalue weighted by molar-refractivity contribution is 6.32. The Morgan fingerprint density at radius 1 is 1.04 bits per heavy atom. The van der Waals surface area contributed by atoms with E-state index in [4.69, 9.17) is 21.1 Å². The van der Waals surface area contributed by atoms with Crippen LogP contribution in [0.2, 0.25) is 5.02 Å². The molecule has 0 saturated carbocycles. The first-order chi connectivity index (χ1) is 12.2. The summed E-state index contributed by atoms with van der Waals surface area (Å²) in [6, 6.07) is 11.4. The number of halogens is 1. The molecule has 138 valence electrons. The van der Waals surface area contributed by atoms with Crippen molar-refractivity contribution < 1.29 is 14.3 Å². The number of methoxy groups -OCH3 is 2. The van der Waals surface area contributed by atoms with Gasteiger partial charge in [-0.1, -0.05) is 56.6 Å². The Morgan fingerprint density at radius 3 is 2.19 bits per heavy atom. The molecular weight excluding hydrogens is 350 g/mol. The predicted molar refractivity (Wildman–Crippen MR) is 107 cm³/mol. The Balaban J connectivity index is 2.12. The number of anilines is 1. The minimum absolute atomic E-state index is 0.101. The Kier molecular flexibility index (Phi) is 6.32. The maximum absolute atomic E-state index is 12.2. The van der Waals surface area contributed by atoms with E-state index < -0.39 is 0 Å². The topological polar surface area (TPSA) is 47.6 Å². The first kappa shape index (κ1) is 19.9. The van der Waals surface area contributed by atoms with Crippen molar-refractivity contribution in [2.45, 2.75) is 26.2 Å². The number of benzene rings is 2. The summed E-state index contributed by atoms with van der Waals surface area (Å²) in [5.74, 6) is 0.657. The molecule has 1 amide bonds. The van der Waals surface area contributed by atoms with E-state index in [2.05, 4.69) is 38.2 Å². The Bertz CT molecular complexity index is 805. The molecule has 0 spiro atoms. The van der Waals surface area contributed by atoms with Crippen LogP contribution in [0.1, 0.15) is 31.9 Å². The third-order valence-electron chi connectivity index (χ3n) is 3.94. The smallest absolute Gasteiger partial charge is 0.248 e. The van der Waals surface area contributed by atoms with Gasteiger partial charge in [0, 0.05) is 18.2 Å². The number of ether oxygens (including phenoxy) is 2. The molecule has 5 heteroatoms. The van der Waals surface area contributed by atoms with Crippen LogP contribution in [-0.2, 0) is 10.2 Å². The number of carbonyl (C=O) groups is 1. The van der Waals surface area contributed by atoms with E-state index in [0.29, 0.717) is 22.2 Å². The fourth-order valence-electron chi connectivity index (χ4n) is 2.40. The SMILES string of the molecule is COc1cc(NC(=O)/C=C\c2ccc(C(C)(C)C)cc2)c(OC)cc1Cl. The van der Waals surface area contributed by atoms with Crippen LogP contribution in [0.4, 0.5) is 5.69 Å². The number of rotatable bonds is 5. The second kappa shape index (κ2) is 8.28. The van der Waals surface area contributed by atoms with E-state index in [1.165, 1.54) is 25.9 Å². The maximum Gasteiger partial charge on any atom is 0.248 e. The van der Waals surface area contributed by atoms with Gasteiger partial charge >= 0.3 is 0 Å². The van der Waals surface area contributed by atoms with Gasteiger partial charge in [-0.3, -0.25) is 4.79 Å². The molecule has 26 heavy (non-hydrogen) atoms. The van der Waals surface area contributed by atoms with Gasteiger partial charge in [0.25, 0.3) is 0 Å². The highest BCUT2D eigenvalue weighted by atomic mass is 35.5. The minimum Gasteiger partial charge on any atom is -0.495 e. The summed E-state index contributed by atoms with van der Waals surface area (Å²) in [5.41, 5.74) is 2.79. The highest BCUT2D eigenvalue weighted by Gasteiger charge is 2.13. The Morgan fingerprint density at radius 2 is 1.65 bits per heavy atom. The van der Waals surface area contributed by atoms with Crippen molar-refractivity contribution in [2.75, 3.05) is 19.5 Å². The van der Waals surface area contributed by atoms with Crippen LogP contribution >= 0.6 is 11.6 Å². The van der Waals surface area contributed by atoms with Crippen LogP contribution in [0.25, 0.3) is 6.08 Å². The normalized spacial score (nSPS) is 11.5. The van der Waals surface area contributed by atoms with Crippen LogP contribution in [0.3, 0.4) is 0 Å². The van der Waals surface area contributed by atoms with E-state index in [9.17, 15) is 4.79 Å². The molecule has 0 aromatic heterocycles. The van der Waals surface area contributed by atoms with Gasteiger partial charge < -0.3 is 14.8 Å². The van der Waals surface area contributed by atoms with Gasteiger partial charge in [0.05, 0.1) is 24.9 Å². The number of hydrogen-bond donors (Lipinski definition) is 1. The van der Waals surface area contributed by atoms with E-state index in [0.717, 1.165) is 5.56 Å². The van der Waals surface area contributed by atoms with Crippen LogP contribution in [-0.4, -0.2) is 20.1 Å². The first-order valence-electron chi connectivity index (χ1n) is 8.25. The fourth-order valence-corrected chi connectivity index (χ4v) is 2.63. The lowest BCUT2D eigenvalue weighted by Crippen LogP contribution is -2.10. The summed E-state index contributed by atoms with van der Waals surface area (Å²) in [7, 11) is 3.03. The van der Waals surface area contributed by atoms with Crippen molar-refractivity contribution >= 4 is 29.3 Å². The molecule has 2 aromatic rings. The highest BCUT2D eigenvalue weighted by Crippen LogP contribution is 2.35. The molecule has 0 aliphatic carbocycles. The van der Waals surface area contributed by atoms with Gasteiger partial charge in [0.2, 0.25) is 5.91 Å². The molecular formula is C21H24ClNO3. The average molecular weight is 374 g/mol. The monoisotopic (exact) mass is 373 g/mol. The van der Waals surface area contributed by atoms with E-state index in [-0.39, 0.29) is 11.3 Å². The van der Waals surface area contributed by atoms with Crippen molar-refractivity contribution in [3.05, 3.63) is 58.6 Å². The molecule has 4 nitrogen and oxygen atoms in total. The summed E-state index contributed by atoms with van der Waals surface area (Å²) in [6.45, 7) is 6.50. The molecule has 0 atom stereocenters. The second-order valence-electron chi connectivity index (χ2n) is 6.88. The quantitative estimate of drug-likeness (QED) is 0.723. The Labute approximate surface area is 159 Å². The summed E-state index contributed by atoms with van der Waals surface area (Å²) in [4.78, 5) is 12.2. The van der Waals surface area contributed by atoms with Gasteiger partial charge in [-0.05, 0) is 22.6 Å². The standard InChI is InChI=1S/C21H24ClNO3/c1-21(2,3)15-9-6-14(7-10-15)8-11-20(24)23-17-13-18(25-4)16(22)12-19(17)26-5/h6-13H,1-5H3,(H,23,24)/b11-8-. The second-order valence-corrected chi connectivity index (χ2v) is 7.29. The van der Waals surface area contributed by atoms with Crippen LogP contribution < -0.4 is 14.8 Å². The van der Waals surface area contributed by atoms with Crippen molar-refractivity contribution in [3.63, 3.8) is 0 Å². The zero-order valence-corrected chi connectivity index (χ0v) is 16.5. The number of nitrogens with one attached hydrogen (secondary N) is 1. The fraction of sp³-hybridized carbons (Fsp3) is 0.286. The molecule has 0 unspecified atom stereocenters. The molecule has 0 saturated heterocycles. The number of carbonyl (C=O) groups excluding carboxylic acids is 1. The first-order valence-corrected chi connectivity index (χ1v) is 8.63. The summed E-state index contributed by atoms with van der Waals surface area (Å²) in [6.07, 6.45) is 3.24. The van der Waals surface area contributed by atoms with Crippen molar-refractivity contribution in [1.29, 1.82) is 0 Å².